The molecule has 1 aliphatic rings. The van der Waals surface area contributed by atoms with Crippen LogP contribution in [0.25, 0.3) is 0 Å². The van der Waals surface area contributed by atoms with Crippen molar-refractivity contribution in [2.75, 3.05) is 43.6 Å². The van der Waals surface area contributed by atoms with E-state index in [2.05, 4.69) is 20.3 Å². The number of hydrazine groups is 1. The van der Waals surface area contributed by atoms with Crippen LogP contribution in [-0.4, -0.2) is 48.1 Å². The third-order valence-corrected chi connectivity index (χ3v) is 3.47. The van der Waals surface area contributed by atoms with Gasteiger partial charge >= 0.3 is 6.18 Å². The van der Waals surface area contributed by atoms with Gasteiger partial charge in [-0.05, 0) is 25.9 Å². The van der Waals surface area contributed by atoms with Crippen LogP contribution in [-0.2, 0) is 6.18 Å². The fourth-order valence-corrected chi connectivity index (χ4v) is 2.25. The first kappa shape index (κ1) is 15.8. The van der Waals surface area contributed by atoms with Crippen molar-refractivity contribution in [2.24, 2.45) is 5.84 Å². The zero-order chi connectivity index (χ0) is 15.5. The number of anilines is 2. The van der Waals surface area contributed by atoms with Crippen LogP contribution in [0.3, 0.4) is 0 Å². The third-order valence-electron chi connectivity index (χ3n) is 3.47. The molecule has 1 saturated heterocycles. The average Bonchev–Trinajstić information content (AvgIpc) is 2.96. The summed E-state index contributed by atoms with van der Waals surface area (Å²) in [5.74, 6) is 5.09. The van der Waals surface area contributed by atoms with Crippen LogP contribution in [0.2, 0.25) is 0 Å². The Hall–Kier alpha value is -1.61. The molecule has 0 spiro atoms. The van der Waals surface area contributed by atoms with E-state index in [0.717, 1.165) is 25.7 Å². The molecule has 0 aromatic carbocycles. The smallest absolute Gasteiger partial charge is 0.358 e. The molecule has 1 aliphatic heterocycles. The molecule has 1 fully saturated rings. The van der Waals surface area contributed by atoms with Gasteiger partial charge in [0, 0.05) is 26.2 Å². The van der Waals surface area contributed by atoms with Crippen LogP contribution in [0.1, 0.15) is 18.5 Å². The van der Waals surface area contributed by atoms with E-state index < -0.39 is 11.9 Å². The lowest BCUT2D eigenvalue weighted by molar-refractivity contribution is -0.141. The highest BCUT2D eigenvalue weighted by atomic mass is 19.4. The Bertz CT molecular complexity index is 473. The lowest BCUT2D eigenvalue weighted by Crippen LogP contribution is -2.32. The minimum Gasteiger partial charge on any atom is -0.358 e. The van der Waals surface area contributed by atoms with Crippen LogP contribution in [0.4, 0.5) is 24.9 Å². The molecule has 3 N–H and O–H groups in total. The zero-order valence-electron chi connectivity index (χ0n) is 11.8. The van der Waals surface area contributed by atoms with Gasteiger partial charge in [-0.2, -0.15) is 18.2 Å². The van der Waals surface area contributed by atoms with Gasteiger partial charge in [-0.3, -0.25) is 5.43 Å². The minimum atomic E-state index is -4.53. The van der Waals surface area contributed by atoms with Crippen molar-refractivity contribution < 1.29 is 13.2 Å². The van der Waals surface area contributed by atoms with Crippen molar-refractivity contribution in [2.45, 2.75) is 19.0 Å². The molecule has 0 atom stereocenters. The standard InChI is InChI=1S/C12H19F3N6/c1-20(6-7-21-4-2-3-5-21)10-8-9(12(13,14)15)17-11(18-10)19-16/h8H,2-7,16H2,1H3,(H,17,18,19). The van der Waals surface area contributed by atoms with Gasteiger partial charge in [0.15, 0.2) is 5.69 Å². The Morgan fingerprint density at radius 3 is 2.57 bits per heavy atom. The van der Waals surface area contributed by atoms with Gasteiger partial charge in [0.05, 0.1) is 0 Å². The number of hydrogen-bond acceptors (Lipinski definition) is 6. The van der Waals surface area contributed by atoms with Gasteiger partial charge in [0.2, 0.25) is 5.95 Å². The summed E-state index contributed by atoms with van der Waals surface area (Å²) in [5.41, 5.74) is 1.07. The number of likely N-dealkylation sites (N-methyl/N-ethyl adjacent to an activating group) is 1. The van der Waals surface area contributed by atoms with E-state index in [1.54, 1.807) is 11.9 Å². The van der Waals surface area contributed by atoms with Crippen molar-refractivity contribution in [1.82, 2.24) is 14.9 Å². The van der Waals surface area contributed by atoms with Crippen molar-refractivity contribution >= 4 is 11.8 Å². The molecule has 1 aromatic heterocycles. The molecular formula is C12H19F3N6. The summed E-state index contributed by atoms with van der Waals surface area (Å²) in [5, 5.41) is 0. The monoisotopic (exact) mass is 304 g/mol. The molecule has 0 aliphatic carbocycles. The molecule has 118 valence electrons. The molecule has 6 nitrogen and oxygen atoms in total. The SMILES string of the molecule is CN(CCN1CCCC1)c1cc(C(F)(F)F)nc(NN)n1. The number of nitrogen functional groups attached to an aromatic ring is 1. The number of halogens is 3. The van der Waals surface area contributed by atoms with Gasteiger partial charge in [-0.1, -0.05) is 0 Å². The van der Waals surface area contributed by atoms with Crippen LogP contribution in [0.15, 0.2) is 6.07 Å². The molecular weight excluding hydrogens is 285 g/mol. The fraction of sp³-hybridized carbons (Fsp3) is 0.667. The maximum absolute atomic E-state index is 12.8. The van der Waals surface area contributed by atoms with Gasteiger partial charge < -0.3 is 9.80 Å². The van der Waals surface area contributed by atoms with E-state index in [0.29, 0.717) is 6.54 Å². The topological polar surface area (TPSA) is 70.3 Å². The molecule has 0 radical (unpaired) electrons. The molecule has 2 heterocycles. The van der Waals surface area contributed by atoms with Gasteiger partial charge in [0.1, 0.15) is 5.82 Å². The molecule has 21 heavy (non-hydrogen) atoms. The van der Waals surface area contributed by atoms with E-state index in [9.17, 15) is 13.2 Å². The van der Waals surface area contributed by atoms with E-state index >= 15 is 0 Å². The summed E-state index contributed by atoms with van der Waals surface area (Å²) in [6, 6.07) is 0.935. The normalized spacial score (nSPS) is 16.2. The summed E-state index contributed by atoms with van der Waals surface area (Å²) in [6.07, 6.45) is -2.17. The van der Waals surface area contributed by atoms with E-state index in [1.807, 2.05) is 0 Å². The summed E-state index contributed by atoms with van der Waals surface area (Å²) in [6.45, 7) is 3.48. The lowest BCUT2D eigenvalue weighted by atomic mass is 10.3. The quantitative estimate of drug-likeness (QED) is 0.631. The molecule has 0 unspecified atom stereocenters. The Kier molecular flexibility index (Phi) is 4.84. The summed E-state index contributed by atoms with van der Waals surface area (Å²) < 4.78 is 38.4. The second-order valence-electron chi connectivity index (χ2n) is 5.05. The third kappa shape index (κ3) is 4.18. The van der Waals surface area contributed by atoms with Gasteiger partial charge in [0.25, 0.3) is 0 Å². The second kappa shape index (κ2) is 6.44. The average molecular weight is 304 g/mol. The number of nitrogens with two attached hydrogens (primary N) is 1. The summed E-state index contributed by atoms with van der Waals surface area (Å²) in [4.78, 5) is 11.3. The van der Waals surface area contributed by atoms with E-state index in [-0.39, 0.29) is 11.8 Å². The number of likely N-dealkylation sites (tertiary alicyclic amines) is 1. The summed E-state index contributed by atoms with van der Waals surface area (Å²) in [7, 11) is 1.71. The number of aromatic nitrogens is 2. The number of hydrogen-bond donors (Lipinski definition) is 2. The van der Waals surface area contributed by atoms with Crippen molar-refractivity contribution in [3.05, 3.63) is 11.8 Å². The first-order valence-corrected chi connectivity index (χ1v) is 6.76. The van der Waals surface area contributed by atoms with Crippen LogP contribution < -0.4 is 16.2 Å². The minimum absolute atomic E-state index is 0.199. The maximum Gasteiger partial charge on any atom is 0.433 e. The van der Waals surface area contributed by atoms with Crippen LogP contribution in [0.5, 0.6) is 0 Å². The zero-order valence-corrected chi connectivity index (χ0v) is 11.8. The maximum atomic E-state index is 12.8. The number of rotatable bonds is 5. The Morgan fingerprint density at radius 2 is 2.00 bits per heavy atom. The van der Waals surface area contributed by atoms with Crippen LogP contribution in [0, 0.1) is 0 Å². The summed E-state index contributed by atoms with van der Waals surface area (Å²) >= 11 is 0. The Labute approximate surface area is 121 Å². The highest BCUT2D eigenvalue weighted by molar-refractivity contribution is 5.44. The predicted molar refractivity (Wildman–Crippen MR) is 73.8 cm³/mol. The second-order valence-corrected chi connectivity index (χ2v) is 5.05. The van der Waals surface area contributed by atoms with Gasteiger partial charge in [-0.25, -0.2) is 10.8 Å². The van der Waals surface area contributed by atoms with Crippen molar-refractivity contribution in [3.63, 3.8) is 0 Å². The predicted octanol–water partition coefficient (Wildman–Crippen LogP) is 1.31. The molecule has 0 amide bonds. The van der Waals surface area contributed by atoms with E-state index in [1.165, 1.54) is 12.8 Å². The lowest BCUT2D eigenvalue weighted by Gasteiger charge is -2.23. The first-order valence-electron chi connectivity index (χ1n) is 6.76. The molecule has 0 saturated carbocycles. The van der Waals surface area contributed by atoms with Crippen LogP contribution >= 0.6 is 0 Å². The number of nitrogens with one attached hydrogen (secondary N) is 1. The molecule has 0 bridgehead atoms. The molecule has 1 aromatic rings. The van der Waals surface area contributed by atoms with Crippen molar-refractivity contribution in [3.8, 4) is 0 Å². The molecule has 2 rings (SSSR count). The number of alkyl halides is 3. The fourth-order valence-electron chi connectivity index (χ4n) is 2.25. The first-order chi connectivity index (χ1) is 9.90. The van der Waals surface area contributed by atoms with Gasteiger partial charge in [-0.15, -0.1) is 0 Å². The Morgan fingerprint density at radius 1 is 1.33 bits per heavy atom. The number of nitrogens with zero attached hydrogens (tertiary/aromatic N) is 4. The Balaban J connectivity index is 2.09. The van der Waals surface area contributed by atoms with Crippen molar-refractivity contribution in [1.29, 1.82) is 0 Å². The highest BCUT2D eigenvalue weighted by Gasteiger charge is 2.34. The highest BCUT2D eigenvalue weighted by Crippen LogP contribution is 2.30. The van der Waals surface area contributed by atoms with E-state index in [4.69, 9.17) is 5.84 Å². The largest absolute Gasteiger partial charge is 0.433 e. The molecule has 9 heteroatoms.